The number of nitrogens with one attached hydrogen (secondary N) is 1. The normalized spacial score (nSPS) is 17.5. The second kappa shape index (κ2) is 4.14. The van der Waals surface area contributed by atoms with Crippen molar-refractivity contribution >= 4 is 5.82 Å². The van der Waals surface area contributed by atoms with Gasteiger partial charge in [0.2, 0.25) is 0 Å². The molecule has 2 N–H and O–H groups in total. The zero-order valence-corrected chi connectivity index (χ0v) is 8.54. The van der Waals surface area contributed by atoms with Crippen molar-refractivity contribution in [3.63, 3.8) is 0 Å². The highest BCUT2D eigenvalue weighted by Gasteiger charge is 2.41. The van der Waals surface area contributed by atoms with Crippen LogP contribution in [0.1, 0.15) is 19.3 Å². The lowest BCUT2D eigenvalue weighted by molar-refractivity contribution is 0.253. The molecule has 0 spiro atoms. The van der Waals surface area contributed by atoms with Gasteiger partial charge in [-0.3, -0.25) is 0 Å². The van der Waals surface area contributed by atoms with Crippen molar-refractivity contribution < 1.29 is 9.50 Å². The Bertz CT molecular complexity index is 322. The maximum atomic E-state index is 12.6. The van der Waals surface area contributed by atoms with Crippen molar-refractivity contribution in [1.29, 1.82) is 0 Å². The highest BCUT2D eigenvalue weighted by Crippen LogP contribution is 2.48. The van der Waals surface area contributed by atoms with Crippen LogP contribution in [0.25, 0.3) is 0 Å². The third-order valence-corrected chi connectivity index (χ3v) is 2.97. The Morgan fingerprint density at radius 1 is 1.47 bits per heavy atom. The van der Waals surface area contributed by atoms with E-state index < -0.39 is 0 Å². The Kier molecular flexibility index (Phi) is 2.86. The molecule has 4 heteroatoms. The minimum absolute atomic E-state index is 0.235. The molecule has 0 saturated heterocycles. The van der Waals surface area contributed by atoms with Gasteiger partial charge in [-0.1, -0.05) is 0 Å². The second-order valence-electron chi connectivity index (χ2n) is 4.19. The lowest BCUT2D eigenvalue weighted by Gasteiger charge is -2.14. The smallest absolute Gasteiger partial charge is 0.141 e. The summed E-state index contributed by atoms with van der Waals surface area (Å²) in [4.78, 5) is 3.92. The first kappa shape index (κ1) is 10.4. The van der Waals surface area contributed by atoms with Crippen molar-refractivity contribution in [3.8, 4) is 0 Å². The first-order valence-electron chi connectivity index (χ1n) is 5.20. The lowest BCUT2D eigenvalue weighted by Crippen LogP contribution is -2.17. The van der Waals surface area contributed by atoms with Gasteiger partial charge in [-0.25, -0.2) is 9.37 Å². The van der Waals surface area contributed by atoms with Crippen molar-refractivity contribution in [2.45, 2.75) is 19.3 Å². The maximum absolute atomic E-state index is 12.6. The van der Waals surface area contributed by atoms with E-state index >= 15 is 0 Å². The molecule has 1 heterocycles. The van der Waals surface area contributed by atoms with Gasteiger partial charge in [0, 0.05) is 13.2 Å². The monoisotopic (exact) mass is 210 g/mol. The molecule has 1 fully saturated rings. The molecule has 1 saturated carbocycles. The highest BCUT2D eigenvalue weighted by molar-refractivity contribution is 5.34. The van der Waals surface area contributed by atoms with E-state index in [4.69, 9.17) is 5.11 Å². The quantitative estimate of drug-likeness (QED) is 0.778. The second-order valence-corrected chi connectivity index (χ2v) is 4.19. The topological polar surface area (TPSA) is 45.1 Å². The van der Waals surface area contributed by atoms with Crippen LogP contribution in [0.15, 0.2) is 18.3 Å². The minimum atomic E-state index is -0.322. The number of pyridine rings is 1. The Morgan fingerprint density at radius 2 is 2.27 bits per heavy atom. The average molecular weight is 210 g/mol. The molecule has 15 heavy (non-hydrogen) atoms. The molecular weight excluding hydrogens is 195 g/mol. The minimum Gasteiger partial charge on any atom is -0.396 e. The summed E-state index contributed by atoms with van der Waals surface area (Å²) in [5.74, 6) is 0.373. The zero-order valence-electron chi connectivity index (χ0n) is 8.54. The SMILES string of the molecule is OCCC1(CNc2ccc(F)cn2)CC1. The summed E-state index contributed by atoms with van der Waals surface area (Å²) >= 11 is 0. The fraction of sp³-hybridized carbons (Fsp3) is 0.545. The number of aromatic nitrogens is 1. The number of aliphatic hydroxyl groups is 1. The van der Waals surface area contributed by atoms with Gasteiger partial charge in [-0.2, -0.15) is 0 Å². The Hall–Kier alpha value is -1.16. The van der Waals surface area contributed by atoms with Crippen LogP contribution in [0, 0.1) is 11.2 Å². The number of nitrogens with zero attached hydrogens (tertiary/aromatic N) is 1. The molecule has 0 aromatic carbocycles. The van der Waals surface area contributed by atoms with Crippen molar-refractivity contribution in [2.24, 2.45) is 5.41 Å². The van der Waals surface area contributed by atoms with Crippen LogP contribution < -0.4 is 5.32 Å². The molecule has 0 bridgehead atoms. The van der Waals surface area contributed by atoms with Crippen LogP contribution in [0.2, 0.25) is 0 Å². The van der Waals surface area contributed by atoms with Crippen LogP contribution in [0.3, 0.4) is 0 Å². The number of anilines is 1. The fourth-order valence-electron chi connectivity index (χ4n) is 1.69. The lowest BCUT2D eigenvalue weighted by atomic mass is 10.0. The van der Waals surface area contributed by atoms with Crippen molar-refractivity contribution in [1.82, 2.24) is 4.98 Å². The summed E-state index contributed by atoms with van der Waals surface area (Å²) < 4.78 is 12.6. The largest absolute Gasteiger partial charge is 0.396 e. The van der Waals surface area contributed by atoms with Crippen LogP contribution in [0.4, 0.5) is 10.2 Å². The van der Waals surface area contributed by atoms with Gasteiger partial charge >= 0.3 is 0 Å². The molecule has 0 aliphatic heterocycles. The van der Waals surface area contributed by atoms with Gasteiger partial charge in [0.15, 0.2) is 0 Å². The molecule has 1 aromatic heterocycles. The molecule has 1 aliphatic rings. The third kappa shape index (κ3) is 2.65. The predicted octanol–water partition coefficient (Wildman–Crippen LogP) is 1.80. The molecule has 1 aliphatic carbocycles. The highest BCUT2D eigenvalue weighted by atomic mass is 19.1. The number of aliphatic hydroxyl groups excluding tert-OH is 1. The number of halogens is 1. The molecule has 1 aromatic rings. The third-order valence-electron chi connectivity index (χ3n) is 2.97. The Morgan fingerprint density at radius 3 is 2.80 bits per heavy atom. The molecule has 0 atom stereocenters. The van der Waals surface area contributed by atoms with Gasteiger partial charge in [0.1, 0.15) is 11.6 Å². The van der Waals surface area contributed by atoms with Gasteiger partial charge in [-0.15, -0.1) is 0 Å². The summed E-state index contributed by atoms with van der Waals surface area (Å²) in [5.41, 5.74) is 0.255. The predicted molar refractivity (Wildman–Crippen MR) is 56.1 cm³/mol. The zero-order chi connectivity index (χ0) is 10.7. The first-order chi connectivity index (χ1) is 7.24. The van der Waals surface area contributed by atoms with E-state index in [9.17, 15) is 4.39 Å². The Balaban J connectivity index is 1.85. The summed E-state index contributed by atoms with van der Waals surface area (Å²) in [6.45, 7) is 1.05. The van der Waals surface area contributed by atoms with E-state index in [2.05, 4.69) is 10.3 Å². The van der Waals surface area contributed by atoms with Gasteiger partial charge in [0.05, 0.1) is 6.20 Å². The van der Waals surface area contributed by atoms with Crippen LogP contribution in [-0.2, 0) is 0 Å². The number of rotatable bonds is 5. The van der Waals surface area contributed by atoms with Gasteiger partial charge in [-0.05, 0) is 36.8 Å². The van der Waals surface area contributed by atoms with E-state index in [1.165, 1.54) is 12.3 Å². The van der Waals surface area contributed by atoms with Crippen molar-refractivity contribution in [2.75, 3.05) is 18.5 Å². The molecule has 0 amide bonds. The van der Waals surface area contributed by atoms with E-state index in [0.717, 1.165) is 25.8 Å². The first-order valence-corrected chi connectivity index (χ1v) is 5.20. The van der Waals surface area contributed by atoms with E-state index in [1.807, 2.05) is 0 Å². The number of hydrogen-bond acceptors (Lipinski definition) is 3. The van der Waals surface area contributed by atoms with Gasteiger partial charge < -0.3 is 10.4 Å². The van der Waals surface area contributed by atoms with Crippen molar-refractivity contribution in [3.05, 3.63) is 24.1 Å². The van der Waals surface area contributed by atoms with Gasteiger partial charge in [0.25, 0.3) is 0 Å². The molecule has 2 rings (SSSR count). The summed E-state index contributed by atoms with van der Waals surface area (Å²) in [6, 6.07) is 3.02. The maximum Gasteiger partial charge on any atom is 0.141 e. The molecule has 0 unspecified atom stereocenters. The average Bonchev–Trinajstić information content (AvgIpc) is 2.99. The summed E-state index contributed by atoms with van der Waals surface area (Å²) in [6.07, 6.45) is 4.35. The van der Waals surface area contributed by atoms with Crippen LogP contribution >= 0.6 is 0 Å². The number of hydrogen-bond donors (Lipinski definition) is 2. The molecule has 0 radical (unpaired) electrons. The Labute approximate surface area is 88.3 Å². The summed E-state index contributed by atoms with van der Waals surface area (Å²) in [7, 11) is 0. The fourth-order valence-corrected chi connectivity index (χ4v) is 1.69. The van der Waals surface area contributed by atoms with Crippen LogP contribution in [-0.4, -0.2) is 23.2 Å². The standard InChI is InChI=1S/C11H15FN2O/c12-9-1-2-10(13-7-9)14-8-11(3-4-11)5-6-15/h1-2,7,15H,3-6,8H2,(H,13,14). The summed E-state index contributed by atoms with van der Waals surface area (Å²) in [5, 5.41) is 12.1. The van der Waals surface area contributed by atoms with E-state index in [0.29, 0.717) is 5.82 Å². The van der Waals surface area contributed by atoms with E-state index in [-0.39, 0.29) is 17.8 Å². The molecule has 82 valence electrons. The molecular formula is C11H15FN2O. The van der Waals surface area contributed by atoms with E-state index in [1.54, 1.807) is 6.07 Å². The van der Waals surface area contributed by atoms with Crippen LogP contribution in [0.5, 0.6) is 0 Å². The molecule has 3 nitrogen and oxygen atoms in total.